The Kier molecular flexibility index (Phi) is 5.73. The molecule has 31 heavy (non-hydrogen) atoms. The van der Waals surface area contributed by atoms with Crippen LogP contribution in [0.4, 0.5) is 5.69 Å². The van der Waals surface area contributed by atoms with E-state index >= 15 is 0 Å². The molecule has 4 aromatic rings. The van der Waals surface area contributed by atoms with Crippen LogP contribution in [0.15, 0.2) is 71.5 Å². The topological polar surface area (TPSA) is 73.2 Å². The molecule has 0 radical (unpaired) electrons. The summed E-state index contributed by atoms with van der Waals surface area (Å²) in [5.74, 6) is 0.178. The fourth-order valence-corrected chi connectivity index (χ4v) is 3.65. The summed E-state index contributed by atoms with van der Waals surface area (Å²) >= 11 is 6.22. The number of anilines is 1. The first-order valence-electron chi connectivity index (χ1n) is 9.66. The minimum atomic E-state index is -0.514. The van der Waals surface area contributed by atoms with E-state index in [2.05, 4.69) is 10.3 Å². The van der Waals surface area contributed by atoms with E-state index in [0.717, 1.165) is 11.1 Å². The van der Waals surface area contributed by atoms with Gasteiger partial charge in [0.15, 0.2) is 0 Å². The van der Waals surface area contributed by atoms with Gasteiger partial charge in [-0.25, -0.2) is 4.79 Å². The van der Waals surface area contributed by atoms with Crippen molar-refractivity contribution in [2.24, 2.45) is 0 Å². The van der Waals surface area contributed by atoms with Gasteiger partial charge in [-0.15, -0.1) is 0 Å². The van der Waals surface area contributed by atoms with Crippen molar-refractivity contribution >= 4 is 34.1 Å². The summed E-state index contributed by atoms with van der Waals surface area (Å²) in [5, 5.41) is 4.04. The second-order valence-electron chi connectivity index (χ2n) is 7.11. The number of nitrogens with one attached hydrogen (secondary N) is 1. The van der Waals surface area contributed by atoms with E-state index in [1.807, 2.05) is 49.4 Å². The number of carbonyl (C=O) groups excluding carboxylic acids is 1. The van der Waals surface area contributed by atoms with E-state index in [-0.39, 0.29) is 12.5 Å². The van der Waals surface area contributed by atoms with E-state index in [1.165, 1.54) is 11.7 Å². The Morgan fingerprint density at radius 2 is 1.87 bits per heavy atom. The molecule has 0 spiro atoms. The molecule has 1 amide bonds. The normalized spacial score (nSPS) is 10.8. The average molecular weight is 434 g/mol. The Bertz CT molecular complexity index is 1330. The quantitative estimate of drug-likeness (QED) is 0.496. The highest BCUT2D eigenvalue weighted by atomic mass is 35.5. The number of ether oxygens (including phenoxy) is 1. The highest BCUT2D eigenvalue weighted by molar-refractivity contribution is 6.31. The Morgan fingerprint density at radius 1 is 1.10 bits per heavy atom. The lowest BCUT2D eigenvalue weighted by Crippen LogP contribution is -2.30. The fraction of sp³-hybridized carbons (Fsp3) is 0.125. The molecule has 7 heteroatoms. The number of rotatable bonds is 5. The van der Waals surface area contributed by atoms with Gasteiger partial charge in [-0.2, -0.15) is 4.98 Å². The SMILES string of the molecule is COc1ccc(C)cc1NC(=O)Cn1c(=O)nc(-c2ccccc2)c2cc(Cl)ccc21. The Hall–Kier alpha value is -3.64. The van der Waals surface area contributed by atoms with Gasteiger partial charge in [0, 0.05) is 16.0 Å². The third-order valence-electron chi connectivity index (χ3n) is 4.92. The Morgan fingerprint density at radius 3 is 2.61 bits per heavy atom. The van der Waals surface area contributed by atoms with Crippen LogP contribution < -0.4 is 15.7 Å². The molecule has 0 aliphatic rings. The molecule has 0 unspecified atom stereocenters. The molecule has 156 valence electrons. The van der Waals surface area contributed by atoms with Crippen LogP contribution in [0.3, 0.4) is 0 Å². The van der Waals surface area contributed by atoms with Crippen molar-refractivity contribution < 1.29 is 9.53 Å². The van der Waals surface area contributed by atoms with Gasteiger partial charge in [-0.05, 0) is 42.8 Å². The van der Waals surface area contributed by atoms with Crippen molar-refractivity contribution in [1.82, 2.24) is 9.55 Å². The van der Waals surface area contributed by atoms with Gasteiger partial charge >= 0.3 is 5.69 Å². The summed E-state index contributed by atoms with van der Waals surface area (Å²) < 4.78 is 6.66. The Balaban J connectivity index is 1.75. The van der Waals surface area contributed by atoms with Gasteiger partial charge in [0.25, 0.3) is 0 Å². The maximum Gasteiger partial charge on any atom is 0.349 e. The van der Waals surface area contributed by atoms with E-state index in [4.69, 9.17) is 16.3 Å². The molecule has 0 aliphatic carbocycles. The zero-order chi connectivity index (χ0) is 22.0. The number of aromatic nitrogens is 2. The van der Waals surface area contributed by atoms with Crippen LogP contribution in [0.25, 0.3) is 22.2 Å². The molecule has 1 aromatic heterocycles. The molecular weight excluding hydrogens is 414 g/mol. The highest BCUT2D eigenvalue weighted by Crippen LogP contribution is 2.28. The van der Waals surface area contributed by atoms with Crippen LogP contribution in [0, 0.1) is 6.92 Å². The molecule has 0 fully saturated rings. The summed E-state index contributed by atoms with van der Waals surface area (Å²) in [6.07, 6.45) is 0. The summed E-state index contributed by atoms with van der Waals surface area (Å²) in [7, 11) is 1.54. The first-order chi connectivity index (χ1) is 15.0. The van der Waals surface area contributed by atoms with Gasteiger partial charge < -0.3 is 10.1 Å². The molecule has 1 N–H and O–H groups in total. The first kappa shape index (κ1) is 20.6. The fourth-order valence-electron chi connectivity index (χ4n) is 3.47. The van der Waals surface area contributed by atoms with Crippen molar-refractivity contribution in [3.63, 3.8) is 0 Å². The molecule has 0 atom stereocenters. The zero-order valence-electron chi connectivity index (χ0n) is 17.1. The predicted octanol–water partition coefficient (Wildman–Crippen LogP) is 4.67. The van der Waals surface area contributed by atoms with Crippen molar-refractivity contribution in [2.45, 2.75) is 13.5 Å². The van der Waals surface area contributed by atoms with Gasteiger partial charge in [-0.1, -0.05) is 48.0 Å². The van der Waals surface area contributed by atoms with Crippen molar-refractivity contribution in [3.8, 4) is 17.0 Å². The molecular formula is C24H20ClN3O3. The average Bonchev–Trinajstić information content (AvgIpc) is 2.76. The molecule has 1 heterocycles. The second-order valence-corrected chi connectivity index (χ2v) is 7.54. The third-order valence-corrected chi connectivity index (χ3v) is 5.16. The van der Waals surface area contributed by atoms with Gasteiger partial charge in [0.1, 0.15) is 12.3 Å². The number of amides is 1. The molecule has 0 saturated heterocycles. The van der Waals surface area contributed by atoms with Crippen molar-refractivity contribution in [1.29, 1.82) is 0 Å². The van der Waals surface area contributed by atoms with Crippen LogP contribution in [0.5, 0.6) is 5.75 Å². The van der Waals surface area contributed by atoms with E-state index in [9.17, 15) is 9.59 Å². The van der Waals surface area contributed by atoms with Crippen molar-refractivity contribution in [3.05, 3.63) is 87.8 Å². The summed E-state index contributed by atoms with van der Waals surface area (Å²) in [6.45, 7) is 1.72. The van der Waals surface area contributed by atoms with Crippen LogP contribution in [0.2, 0.25) is 5.02 Å². The summed E-state index contributed by atoms with van der Waals surface area (Å²) in [6, 6.07) is 20.1. The molecule has 0 bridgehead atoms. The number of benzene rings is 3. The van der Waals surface area contributed by atoms with Gasteiger partial charge in [0.2, 0.25) is 5.91 Å². The number of hydrogen-bond donors (Lipinski definition) is 1. The van der Waals surface area contributed by atoms with E-state index < -0.39 is 5.69 Å². The number of nitrogens with zero attached hydrogens (tertiary/aromatic N) is 2. The number of fused-ring (bicyclic) bond motifs is 1. The zero-order valence-corrected chi connectivity index (χ0v) is 17.8. The number of carbonyl (C=O) groups is 1. The standard InChI is InChI=1S/C24H20ClN3O3/c1-15-8-11-21(31-2)19(12-15)26-22(29)14-28-20-10-9-17(25)13-18(20)23(27-24(28)30)16-6-4-3-5-7-16/h3-13H,14H2,1-2H3,(H,26,29). The maximum absolute atomic E-state index is 12.9. The minimum absolute atomic E-state index is 0.198. The Labute approximate surface area is 184 Å². The molecule has 6 nitrogen and oxygen atoms in total. The van der Waals surface area contributed by atoms with Crippen LogP contribution in [-0.4, -0.2) is 22.6 Å². The number of aryl methyl sites for hydroxylation is 1. The number of halogens is 1. The maximum atomic E-state index is 12.9. The largest absolute Gasteiger partial charge is 0.495 e. The van der Waals surface area contributed by atoms with Gasteiger partial charge in [-0.3, -0.25) is 9.36 Å². The first-order valence-corrected chi connectivity index (χ1v) is 10.0. The van der Waals surface area contributed by atoms with Crippen LogP contribution in [-0.2, 0) is 11.3 Å². The molecule has 0 saturated carbocycles. The van der Waals surface area contributed by atoms with E-state index in [0.29, 0.717) is 33.1 Å². The predicted molar refractivity (Wildman–Crippen MR) is 123 cm³/mol. The minimum Gasteiger partial charge on any atom is -0.495 e. The number of methoxy groups -OCH3 is 1. The highest BCUT2D eigenvalue weighted by Gasteiger charge is 2.16. The van der Waals surface area contributed by atoms with Crippen LogP contribution >= 0.6 is 11.6 Å². The summed E-state index contributed by atoms with van der Waals surface area (Å²) in [5.41, 5.74) is 2.91. The van der Waals surface area contributed by atoms with Crippen molar-refractivity contribution in [2.75, 3.05) is 12.4 Å². The number of hydrogen-bond acceptors (Lipinski definition) is 4. The summed E-state index contributed by atoms with van der Waals surface area (Å²) in [4.78, 5) is 30.0. The van der Waals surface area contributed by atoms with Crippen LogP contribution in [0.1, 0.15) is 5.56 Å². The molecule has 0 aliphatic heterocycles. The second kappa shape index (κ2) is 8.62. The van der Waals surface area contributed by atoms with E-state index in [1.54, 1.807) is 24.3 Å². The molecule has 4 rings (SSSR count). The lowest BCUT2D eigenvalue weighted by molar-refractivity contribution is -0.116. The lowest BCUT2D eigenvalue weighted by atomic mass is 10.1. The smallest absolute Gasteiger partial charge is 0.349 e. The van der Waals surface area contributed by atoms with Gasteiger partial charge in [0.05, 0.1) is 24.0 Å². The third kappa shape index (κ3) is 4.29. The lowest BCUT2D eigenvalue weighted by Gasteiger charge is -2.14. The monoisotopic (exact) mass is 433 g/mol. The molecule has 3 aromatic carbocycles.